The van der Waals surface area contributed by atoms with E-state index in [-0.39, 0.29) is 0 Å². The Balaban J connectivity index is 2.53. The van der Waals surface area contributed by atoms with Crippen molar-refractivity contribution in [2.24, 2.45) is 0 Å². The molecular weight excluding hydrogens is 230 g/mol. The molecule has 0 N–H and O–H groups in total. The number of hydrogen-bond acceptors (Lipinski definition) is 3. The molecule has 2 aromatic rings. The molecule has 0 saturated carbocycles. The van der Waals surface area contributed by atoms with E-state index >= 15 is 0 Å². The molecule has 1 heterocycles. The summed E-state index contributed by atoms with van der Waals surface area (Å²) in [7, 11) is 1.65. The van der Waals surface area contributed by atoms with Crippen molar-refractivity contribution in [3.05, 3.63) is 34.3 Å². The normalized spacial score (nSPS) is 10.3. The Morgan fingerprint density at radius 2 is 2.07 bits per heavy atom. The molecule has 0 bridgehead atoms. The van der Waals surface area contributed by atoms with E-state index in [0.717, 1.165) is 26.4 Å². The average molecular weight is 240 g/mol. The van der Waals surface area contributed by atoms with E-state index in [0.29, 0.717) is 0 Å². The van der Waals surface area contributed by atoms with E-state index < -0.39 is 0 Å². The highest BCUT2D eigenvalue weighted by molar-refractivity contribution is 7.19. The first-order valence-corrected chi connectivity index (χ1v) is 5.68. The van der Waals surface area contributed by atoms with E-state index in [1.165, 1.54) is 11.3 Å². The van der Waals surface area contributed by atoms with Gasteiger partial charge in [-0.25, -0.2) is 4.98 Å². The van der Waals surface area contributed by atoms with Crippen LogP contribution in [0, 0.1) is 6.92 Å². The molecule has 0 aliphatic rings. The summed E-state index contributed by atoms with van der Waals surface area (Å²) in [6.07, 6.45) is 0. The minimum absolute atomic E-state index is 0.732. The Hall–Kier alpha value is -1.06. The lowest BCUT2D eigenvalue weighted by Gasteiger charge is -2.04. The molecule has 0 saturated heterocycles. The van der Waals surface area contributed by atoms with E-state index in [1.54, 1.807) is 7.11 Å². The molecule has 0 spiro atoms. The second kappa shape index (κ2) is 4.21. The van der Waals surface area contributed by atoms with E-state index in [9.17, 15) is 0 Å². The van der Waals surface area contributed by atoms with Crippen molar-refractivity contribution in [3.8, 4) is 16.3 Å². The maximum Gasteiger partial charge on any atom is 0.129 e. The van der Waals surface area contributed by atoms with Crippen molar-refractivity contribution in [2.75, 3.05) is 7.11 Å². The third-order valence-corrected chi connectivity index (χ3v) is 3.56. The molecule has 4 heteroatoms. The van der Waals surface area contributed by atoms with Gasteiger partial charge in [0.25, 0.3) is 0 Å². The van der Waals surface area contributed by atoms with E-state index in [2.05, 4.69) is 4.98 Å². The average Bonchev–Trinajstić information content (AvgIpc) is 2.59. The summed E-state index contributed by atoms with van der Waals surface area (Å²) < 4.78 is 6.00. The Bertz CT molecular complexity index is 462. The highest BCUT2D eigenvalue weighted by Crippen LogP contribution is 2.35. The number of benzene rings is 1. The van der Waals surface area contributed by atoms with Crippen molar-refractivity contribution in [2.45, 2.75) is 6.92 Å². The van der Waals surface area contributed by atoms with Gasteiger partial charge in [-0.1, -0.05) is 23.7 Å². The molecule has 1 aromatic carbocycles. The number of aromatic nitrogens is 1. The second-order valence-corrected chi connectivity index (χ2v) is 4.68. The second-order valence-electron chi connectivity index (χ2n) is 3.08. The molecule has 0 amide bonds. The first-order valence-electron chi connectivity index (χ1n) is 4.48. The van der Waals surface area contributed by atoms with Crippen LogP contribution in [0.1, 0.15) is 5.69 Å². The molecule has 0 aliphatic heterocycles. The van der Waals surface area contributed by atoms with Gasteiger partial charge in [0.15, 0.2) is 0 Å². The van der Waals surface area contributed by atoms with Crippen LogP contribution in [-0.4, -0.2) is 12.1 Å². The van der Waals surface area contributed by atoms with Crippen molar-refractivity contribution >= 4 is 22.9 Å². The van der Waals surface area contributed by atoms with Crippen LogP contribution in [-0.2, 0) is 0 Å². The summed E-state index contributed by atoms with van der Waals surface area (Å²) in [6, 6.07) is 7.79. The molecule has 2 nitrogen and oxygen atoms in total. The van der Waals surface area contributed by atoms with Crippen molar-refractivity contribution in [1.82, 2.24) is 4.98 Å². The fourth-order valence-electron chi connectivity index (χ4n) is 1.31. The molecule has 78 valence electrons. The van der Waals surface area contributed by atoms with Crippen LogP contribution in [0.5, 0.6) is 5.75 Å². The maximum atomic E-state index is 5.99. The van der Waals surface area contributed by atoms with Gasteiger partial charge in [0.05, 0.1) is 18.4 Å². The highest BCUT2D eigenvalue weighted by atomic mass is 35.5. The number of ether oxygens (including phenoxy) is 1. The zero-order chi connectivity index (χ0) is 10.8. The van der Waals surface area contributed by atoms with Gasteiger partial charge in [-0.05, 0) is 19.1 Å². The molecule has 0 radical (unpaired) electrons. The molecule has 0 atom stereocenters. The van der Waals surface area contributed by atoms with E-state index in [4.69, 9.17) is 16.3 Å². The molecule has 0 aliphatic carbocycles. The largest absolute Gasteiger partial charge is 0.496 e. The fourth-order valence-corrected chi connectivity index (χ4v) is 2.40. The van der Waals surface area contributed by atoms with Crippen LogP contribution >= 0.6 is 22.9 Å². The van der Waals surface area contributed by atoms with Crippen molar-refractivity contribution in [3.63, 3.8) is 0 Å². The van der Waals surface area contributed by atoms with Crippen LogP contribution in [0.3, 0.4) is 0 Å². The number of halogens is 1. The van der Waals surface area contributed by atoms with Gasteiger partial charge in [-0.2, -0.15) is 0 Å². The van der Waals surface area contributed by atoms with Crippen molar-refractivity contribution < 1.29 is 4.74 Å². The van der Waals surface area contributed by atoms with Crippen LogP contribution in [0.15, 0.2) is 24.3 Å². The SMILES string of the molecule is COc1ccccc1-c1nc(C)c(Cl)s1. The van der Waals surface area contributed by atoms with Crippen LogP contribution in [0.2, 0.25) is 4.34 Å². The Kier molecular flexibility index (Phi) is 2.93. The van der Waals surface area contributed by atoms with Gasteiger partial charge < -0.3 is 4.74 Å². The summed E-state index contributed by atoms with van der Waals surface area (Å²) in [5.74, 6) is 0.822. The lowest BCUT2D eigenvalue weighted by atomic mass is 10.2. The predicted molar refractivity (Wildman–Crippen MR) is 63.8 cm³/mol. The summed E-state index contributed by atoms with van der Waals surface area (Å²) in [6.45, 7) is 1.90. The highest BCUT2D eigenvalue weighted by Gasteiger charge is 2.11. The molecule has 15 heavy (non-hydrogen) atoms. The number of para-hydroxylation sites is 1. The Morgan fingerprint density at radius 3 is 2.67 bits per heavy atom. The lowest BCUT2D eigenvalue weighted by Crippen LogP contribution is -1.86. The van der Waals surface area contributed by atoms with Crippen LogP contribution in [0.4, 0.5) is 0 Å². The smallest absolute Gasteiger partial charge is 0.129 e. The van der Waals surface area contributed by atoms with Gasteiger partial charge in [-0.3, -0.25) is 0 Å². The van der Waals surface area contributed by atoms with Gasteiger partial charge in [0, 0.05) is 0 Å². The summed E-state index contributed by atoms with van der Waals surface area (Å²) in [4.78, 5) is 4.40. The molecule has 0 unspecified atom stereocenters. The van der Waals surface area contributed by atoms with Crippen LogP contribution in [0.25, 0.3) is 10.6 Å². The standard InChI is InChI=1S/C11H10ClNOS/c1-7-10(12)15-11(13-7)8-5-3-4-6-9(8)14-2/h3-6H,1-2H3. The molecule has 1 aromatic heterocycles. The zero-order valence-corrected chi connectivity index (χ0v) is 10.0. The monoisotopic (exact) mass is 239 g/mol. The number of thiazole rings is 1. The third-order valence-electron chi connectivity index (χ3n) is 2.08. The fraction of sp³-hybridized carbons (Fsp3) is 0.182. The van der Waals surface area contributed by atoms with Gasteiger partial charge in [-0.15, -0.1) is 11.3 Å². The molecule has 2 rings (SSSR count). The van der Waals surface area contributed by atoms with Gasteiger partial charge in [0.2, 0.25) is 0 Å². The number of nitrogens with zero attached hydrogens (tertiary/aromatic N) is 1. The minimum atomic E-state index is 0.732. The van der Waals surface area contributed by atoms with Gasteiger partial charge >= 0.3 is 0 Å². The van der Waals surface area contributed by atoms with Gasteiger partial charge in [0.1, 0.15) is 15.1 Å². The molecule has 0 fully saturated rings. The third kappa shape index (κ3) is 1.98. The number of methoxy groups -OCH3 is 1. The first kappa shape index (κ1) is 10.5. The van der Waals surface area contributed by atoms with Crippen LogP contribution < -0.4 is 4.74 Å². The number of aryl methyl sites for hydroxylation is 1. The number of rotatable bonds is 2. The van der Waals surface area contributed by atoms with E-state index in [1.807, 2.05) is 31.2 Å². The summed E-state index contributed by atoms with van der Waals surface area (Å²) in [5.41, 5.74) is 1.85. The Labute approximate surface area is 97.5 Å². The lowest BCUT2D eigenvalue weighted by molar-refractivity contribution is 0.416. The number of hydrogen-bond donors (Lipinski definition) is 0. The maximum absolute atomic E-state index is 5.99. The summed E-state index contributed by atoms with van der Waals surface area (Å²) in [5, 5.41) is 0.898. The minimum Gasteiger partial charge on any atom is -0.496 e. The quantitative estimate of drug-likeness (QED) is 0.796. The molecular formula is C11H10ClNOS. The van der Waals surface area contributed by atoms with Crippen molar-refractivity contribution in [1.29, 1.82) is 0 Å². The summed E-state index contributed by atoms with van der Waals surface area (Å²) >= 11 is 7.46. The Morgan fingerprint density at radius 1 is 1.33 bits per heavy atom. The topological polar surface area (TPSA) is 22.1 Å². The predicted octanol–water partition coefficient (Wildman–Crippen LogP) is 3.78. The zero-order valence-electron chi connectivity index (χ0n) is 8.45. The first-order chi connectivity index (χ1) is 7.22.